The second-order valence-corrected chi connectivity index (χ2v) is 6.74. The highest BCUT2D eigenvalue weighted by molar-refractivity contribution is 7.98. The fourth-order valence-electron chi connectivity index (χ4n) is 2.80. The Kier molecular flexibility index (Phi) is 4.19. The molecule has 0 unspecified atom stereocenters. The van der Waals surface area contributed by atoms with Crippen molar-refractivity contribution in [3.8, 4) is 11.4 Å². The zero-order chi connectivity index (χ0) is 17.2. The molecule has 0 saturated heterocycles. The van der Waals surface area contributed by atoms with Crippen molar-refractivity contribution in [1.82, 2.24) is 19.5 Å². The van der Waals surface area contributed by atoms with Crippen LogP contribution in [0.2, 0.25) is 0 Å². The average Bonchev–Trinajstić information content (AvgIpc) is 3.29. The van der Waals surface area contributed by atoms with Crippen LogP contribution in [-0.4, -0.2) is 26.6 Å². The molecule has 4 rings (SSSR count). The van der Waals surface area contributed by atoms with Crippen molar-refractivity contribution >= 4 is 22.8 Å². The molecule has 1 N–H and O–H groups in total. The molecule has 2 heterocycles. The number of nitrogens with zero attached hydrogens (tertiary/aromatic N) is 3. The van der Waals surface area contributed by atoms with Crippen LogP contribution in [0.1, 0.15) is 11.4 Å². The Hall–Kier alpha value is -2.73. The Morgan fingerprint density at radius 1 is 1.24 bits per heavy atom. The third kappa shape index (κ3) is 3.13. The Labute approximate surface area is 150 Å². The normalized spacial score (nSPS) is 11.1. The van der Waals surface area contributed by atoms with Crippen LogP contribution >= 0.6 is 11.8 Å². The minimum Gasteiger partial charge on any atom is -0.496 e. The molecule has 0 amide bonds. The van der Waals surface area contributed by atoms with Gasteiger partial charge in [0.25, 0.3) is 0 Å². The Bertz CT molecular complexity index is 1010. The molecule has 25 heavy (non-hydrogen) atoms. The molecule has 5 nitrogen and oxygen atoms in total. The van der Waals surface area contributed by atoms with Gasteiger partial charge in [-0.25, -0.2) is 9.97 Å². The predicted octanol–water partition coefficient (Wildman–Crippen LogP) is 4.36. The van der Waals surface area contributed by atoms with Gasteiger partial charge in [-0.3, -0.25) is 0 Å². The van der Waals surface area contributed by atoms with E-state index >= 15 is 0 Å². The maximum absolute atomic E-state index is 5.47. The fraction of sp³-hybridized carbons (Fsp3) is 0.158. The minimum atomic E-state index is 0.760. The lowest BCUT2D eigenvalue weighted by Gasteiger charge is -2.09. The molecule has 4 aromatic rings. The monoisotopic (exact) mass is 350 g/mol. The highest BCUT2D eigenvalue weighted by Crippen LogP contribution is 2.34. The van der Waals surface area contributed by atoms with E-state index in [1.165, 1.54) is 5.56 Å². The maximum Gasteiger partial charge on any atom is 0.132 e. The number of nitrogens with one attached hydrogen (secondary N) is 1. The second kappa shape index (κ2) is 6.64. The summed E-state index contributed by atoms with van der Waals surface area (Å²) in [4.78, 5) is 13.4. The zero-order valence-corrected chi connectivity index (χ0v) is 14.9. The van der Waals surface area contributed by atoms with Crippen LogP contribution in [0.3, 0.4) is 0 Å². The second-order valence-electron chi connectivity index (χ2n) is 5.75. The van der Waals surface area contributed by atoms with Gasteiger partial charge >= 0.3 is 0 Å². The van der Waals surface area contributed by atoms with Crippen molar-refractivity contribution in [3.63, 3.8) is 0 Å². The largest absolute Gasteiger partial charge is 0.496 e. The molecule has 0 aliphatic rings. The lowest BCUT2D eigenvalue weighted by molar-refractivity contribution is 0.404. The summed E-state index contributed by atoms with van der Waals surface area (Å²) in [5, 5.41) is 0. The number of ether oxygens (including phenoxy) is 1. The lowest BCUT2D eigenvalue weighted by atomic mass is 10.2. The summed E-state index contributed by atoms with van der Waals surface area (Å²) >= 11 is 1.73. The third-order valence-electron chi connectivity index (χ3n) is 4.07. The van der Waals surface area contributed by atoms with Crippen LogP contribution in [0.4, 0.5) is 0 Å². The predicted molar refractivity (Wildman–Crippen MR) is 101 cm³/mol. The Balaban J connectivity index is 1.58. The van der Waals surface area contributed by atoms with Crippen molar-refractivity contribution < 1.29 is 4.74 Å². The van der Waals surface area contributed by atoms with E-state index in [1.807, 2.05) is 35.0 Å². The molecule has 0 aliphatic heterocycles. The number of rotatable bonds is 5. The first kappa shape index (κ1) is 15.8. The smallest absolute Gasteiger partial charge is 0.132 e. The number of fused-ring (bicyclic) bond motifs is 1. The lowest BCUT2D eigenvalue weighted by Crippen LogP contribution is -1.90. The third-order valence-corrected chi connectivity index (χ3v) is 5.30. The highest BCUT2D eigenvalue weighted by atomic mass is 32.2. The fourth-order valence-corrected chi connectivity index (χ4v) is 3.81. The van der Waals surface area contributed by atoms with E-state index in [1.54, 1.807) is 31.4 Å². The molecule has 0 fully saturated rings. The van der Waals surface area contributed by atoms with Gasteiger partial charge in [-0.2, -0.15) is 0 Å². The van der Waals surface area contributed by atoms with E-state index in [4.69, 9.17) is 9.72 Å². The quantitative estimate of drug-likeness (QED) is 0.544. The van der Waals surface area contributed by atoms with Gasteiger partial charge < -0.3 is 14.3 Å². The molecule has 0 aliphatic carbocycles. The van der Waals surface area contributed by atoms with Crippen LogP contribution in [0.5, 0.6) is 5.75 Å². The van der Waals surface area contributed by atoms with Crippen LogP contribution in [0, 0.1) is 6.92 Å². The summed E-state index contributed by atoms with van der Waals surface area (Å²) in [6, 6.07) is 12.3. The number of aryl methyl sites for hydroxylation is 1. The van der Waals surface area contributed by atoms with Crippen molar-refractivity contribution in [3.05, 3.63) is 66.5 Å². The Morgan fingerprint density at radius 2 is 2.16 bits per heavy atom. The van der Waals surface area contributed by atoms with Crippen molar-refractivity contribution in [2.75, 3.05) is 7.11 Å². The standard InChI is InChI=1S/C19H18N4OS/c1-13-4-3-5-17(24-2)19(13)25-11-18-21-15-7-6-14(10-16(15)22-18)23-9-8-20-12-23/h3-10,12H,11H2,1-2H3,(H,21,22). The average molecular weight is 350 g/mol. The van der Waals surface area contributed by atoms with E-state index in [9.17, 15) is 0 Å². The summed E-state index contributed by atoms with van der Waals surface area (Å²) in [5.41, 5.74) is 4.27. The first-order valence-corrected chi connectivity index (χ1v) is 8.96. The topological polar surface area (TPSA) is 55.7 Å². The number of methoxy groups -OCH3 is 1. The zero-order valence-electron chi connectivity index (χ0n) is 14.1. The van der Waals surface area contributed by atoms with Gasteiger partial charge in [0.15, 0.2) is 0 Å². The molecule has 6 heteroatoms. The van der Waals surface area contributed by atoms with E-state index in [0.29, 0.717) is 0 Å². The number of hydrogen-bond donors (Lipinski definition) is 1. The molecular formula is C19H18N4OS. The van der Waals surface area contributed by atoms with E-state index in [2.05, 4.69) is 29.0 Å². The molecule has 2 aromatic carbocycles. The molecule has 0 spiro atoms. The highest BCUT2D eigenvalue weighted by Gasteiger charge is 2.10. The van der Waals surface area contributed by atoms with Crippen LogP contribution in [0.15, 0.2) is 60.0 Å². The summed E-state index contributed by atoms with van der Waals surface area (Å²) in [6.07, 6.45) is 5.49. The molecule has 0 bridgehead atoms. The van der Waals surface area contributed by atoms with Gasteiger partial charge in [-0.05, 0) is 36.8 Å². The number of aromatic amines is 1. The van der Waals surface area contributed by atoms with Gasteiger partial charge in [-0.15, -0.1) is 11.8 Å². The molecular weight excluding hydrogens is 332 g/mol. The SMILES string of the molecule is COc1cccc(C)c1SCc1nc2ccc(-n3ccnc3)cc2[nH]1. The van der Waals surface area contributed by atoms with E-state index in [0.717, 1.165) is 38.9 Å². The van der Waals surface area contributed by atoms with E-state index < -0.39 is 0 Å². The number of imidazole rings is 2. The van der Waals surface area contributed by atoms with Gasteiger partial charge in [0, 0.05) is 18.1 Å². The molecule has 0 atom stereocenters. The van der Waals surface area contributed by atoms with Gasteiger partial charge in [0.2, 0.25) is 0 Å². The van der Waals surface area contributed by atoms with Crippen LogP contribution < -0.4 is 4.74 Å². The molecule has 0 radical (unpaired) electrons. The van der Waals surface area contributed by atoms with Crippen LogP contribution in [-0.2, 0) is 5.75 Å². The van der Waals surface area contributed by atoms with Crippen molar-refractivity contribution in [2.45, 2.75) is 17.6 Å². The number of hydrogen-bond acceptors (Lipinski definition) is 4. The number of benzene rings is 2. The summed E-state index contributed by atoms with van der Waals surface area (Å²) in [6.45, 7) is 2.10. The first-order valence-electron chi connectivity index (χ1n) is 7.98. The maximum atomic E-state index is 5.47. The van der Waals surface area contributed by atoms with Crippen molar-refractivity contribution in [2.24, 2.45) is 0 Å². The minimum absolute atomic E-state index is 0.760. The number of thioether (sulfide) groups is 1. The first-order chi connectivity index (χ1) is 12.2. The summed E-state index contributed by atoms with van der Waals surface area (Å²) < 4.78 is 7.45. The van der Waals surface area contributed by atoms with Crippen LogP contribution in [0.25, 0.3) is 16.7 Å². The van der Waals surface area contributed by atoms with Crippen molar-refractivity contribution in [1.29, 1.82) is 0 Å². The van der Waals surface area contributed by atoms with E-state index in [-0.39, 0.29) is 0 Å². The Morgan fingerprint density at radius 3 is 2.96 bits per heavy atom. The van der Waals surface area contributed by atoms with Gasteiger partial charge in [-0.1, -0.05) is 12.1 Å². The number of aromatic nitrogens is 4. The van der Waals surface area contributed by atoms with Gasteiger partial charge in [0.1, 0.15) is 11.6 Å². The number of H-pyrrole nitrogens is 1. The van der Waals surface area contributed by atoms with Gasteiger partial charge in [0.05, 0.1) is 35.1 Å². The molecule has 0 saturated carbocycles. The molecule has 126 valence electrons. The molecule has 2 aromatic heterocycles. The summed E-state index contributed by atoms with van der Waals surface area (Å²) in [7, 11) is 1.71. The summed E-state index contributed by atoms with van der Waals surface area (Å²) in [5.74, 6) is 2.62.